The lowest BCUT2D eigenvalue weighted by atomic mass is 10.0. The van der Waals surface area contributed by atoms with Crippen molar-refractivity contribution >= 4 is 11.7 Å². The number of carbonyl (C=O) groups is 1. The zero-order valence-corrected chi connectivity index (χ0v) is 14.4. The summed E-state index contributed by atoms with van der Waals surface area (Å²) in [5.74, 6) is -0.383. The predicted octanol–water partition coefficient (Wildman–Crippen LogP) is 3.10. The SMILES string of the molecule is COC(=O)C(Cc1ccnnc1)N=C(c1ccccc1)c1ccccc1. The Bertz CT molecular complexity index is 824. The molecule has 0 saturated heterocycles. The fourth-order valence-electron chi connectivity index (χ4n) is 2.64. The van der Waals surface area contributed by atoms with Crippen molar-refractivity contribution in [3.8, 4) is 0 Å². The minimum absolute atomic E-state index is 0.383. The van der Waals surface area contributed by atoms with Gasteiger partial charge in [-0.15, -0.1) is 0 Å². The van der Waals surface area contributed by atoms with Crippen molar-refractivity contribution in [1.29, 1.82) is 0 Å². The second-order valence-corrected chi connectivity index (χ2v) is 5.70. The highest BCUT2D eigenvalue weighted by molar-refractivity contribution is 6.13. The van der Waals surface area contributed by atoms with E-state index in [0.29, 0.717) is 6.42 Å². The fourth-order valence-corrected chi connectivity index (χ4v) is 2.64. The Morgan fingerprint density at radius 3 is 2.08 bits per heavy atom. The maximum atomic E-state index is 12.3. The van der Waals surface area contributed by atoms with Crippen LogP contribution in [0.4, 0.5) is 0 Å². The van der Waals surface area contributed by atoms with Gasteiger partial charge in [0.1, 0.15) is 0 Å². The van der Waals surface area contributed by atoms with Crippen LogP contribution in [-0.2, 0) is 16.0 Å². The third-order valence-electron chi connectivity index (χ3n) is 3.93. The summed E-state index contributed by atoms with van der Waals surface area (Å²) in [6.45, 7) is 0. The highest BCUT2D eigenvalue weighted by Gasteiger charge is 2.21. The Balaban J connectivity index is 2.03. The van der Waals surface area contributed by atoms with Crippen LogP contribution in [-0.4, -0.2) is 35.0 Å². The van der Waals surface area contributed by atoms with E-state index in [1.165, 1.54) is 7.11 Å². The second-order valence-electron chi connectivity index (χ2n) is 5.70. The number of aliphatic imine (C=N–C) groups is 1. The number of rotatable bonds is 6. The lowest BCUT2D eigenvalue weighted by molar-refractivity contribution is -0.142. The minimum Gasteiger partial charge on any atom is -0.467 e. The fraction of sp³-hybridized carbons (Fsp3) is 0.143. The molecule has 0 aliphatic heterocycles. The number of hydrogen-bond donors (Lipinski definition) is 0. The van der Waals surface area contributed by atoms with Crippen molar-refractivity contribution < 1.29 is 9.53 Å². The smallest absolute Gasteiger partial charge is 0.330 e. The summed E-state index contributed by atoms with van der Waals surface area (Å²) in [6.07, 6.45) is 3.63. The first kappa shape index (κ1) is 17.5. The van der Waals surface area contributed by atoms with Crippen molar-refractivity contribution in [3.05, 3.63) is 95.8 Å². The van der Waals surface area contributed by atoms with Crippen molar-refractivity contribution in [1.82, 2.24) is 10.2 Å². The molecule has 1 aromatic heterocycles. The van der Waals surface area contributed by atoms with E-state index in [1.54, 1.807) is 12.4 Å². The highest BCUT2D eigenvalue weighted by atomic mass is 16.5. The first-order valence-electron chi connectivity index (χ1n) is 8.30. The van der Waals surface area contributed by atoms with E-state index in [2.05, 4.69) is 10.2 Å². The standard InChI is InChI=1S/C21H19N3O2/c1-26-21(25)19(14-16-12-13-22-23-15-16)24-20(17-8-4-2-5-9-17)18-10-6-3-7-11-18/h2-13,15,19H,14H2,1H3. The van der Waals surface area contributed by atoms with E-state index in [9.17, 15) is 4.79 Å². The number of methoxy groups -OCH3 is 1. The van der Waals surface area contributed by atoms with Gasteiger partial charge in [-0.2, -0.15) is 10.2 Å². The van der Waals surface area contributed by atoms with E-state index in [1.807, 2.05) is 66.7 Å². The van der Waals surface area contributed by atoms with Crippen LogP contribution in [0.2, 0.25) is 0 Å². The summed E-state index contributed by atoms with van der Waals surface area (Å²) in [6, 6.07) is 20.8. The van der Waals surface area contributed by atoms with E-state index in [-0.39, 0.29) is 5.97 Å². The van der Waals surface area contributed by atoms with Gasteiger partial charge in [-0.1, -0.05) is 60.7 Å². The zero-order chi connectivity index (χ0) is 18.2. The molecule has 0 bridgehead atoms. The summed E-state index contributed by atoms with van der Waals surface area (Å²) in [4.78, 5) is 17.1. The van der Waals surface area contributed by atoms with Crippen LogP contribution >= 0.6 is 0 Å². The van der Waals surface area contributed by atoms with E-state index >= 15 is 0 Å². The molecule has 0 spiro atoms. The molecule has 0 radical (unpaired) electrons. The molecule has 2 aromatic carbocycles. The zero-order valence-electron chi connectivity index (χ0n) is 14.4. The van der Waals surface area contributed by atoms with Crippen molar-refractivity contribution in [2.24, 2.45) is 4.99 Å². The van der Waals surface area contributed by atoms with Crippen LogP contribution < -0.4 is 0 Å². The van der Waals surface area contributed by atoms with Gasteiger partial charge in [0.25, 0.3) is 0 Å². The van der Waals surface area contributed by atoms with E-state index < -0.39 is 6.04 Å². The Labute approximate surface area is 152 Å². The van der Waals surface area contributed by atoms with Crippen LogP contribution in [0.15, 0.2) is 84.1 Å². The first-order valence-corrected chi connectivity index (χ1v) is 8.30. The second kappa shape index (κ2) is 8.67. The van der Waals surface area contributed by atoms with E-state index in [0.717, 1.165) is 22.4 Å². The molecular formula is C21H19N3O2. The molecule has 1 unspecified atom stereocenters. The van der Waals surface area contributed by atoms with Gasteiger partial charge in [0, 0.05) is 23.7 Å². The van der Waals surface area contributed by atoms with Gasteiger partial charge < -0.3 is 4.74 Å². The van der Waals surface area contributed by atoms with Gasteiger partial charge in [0.2, 0.25) is 0 Å². The van der Waals surface area contributed by atoms with Gasteiger partial charge in [0.05, 0.1) is 19.0 Å². The number of benzene rings is 2. The third kappa shape index (κ3) is 4.39. The van der Waals surface area contributed by atoms with Gasteiger partial charge in [-0.25, -0.2) is 4.79 Å². The molecular weight excluding hydrogens is 326 g/mol. The van der Waals surface area contributed by atoms with Crippen molar-refractivity contribution in [3.63, 3.8) is 0 Å². The maximum Gasteiger partial charge on any atom is 0.330 e. The average molecular weight is 345 g/mol. The number of hydrogen-bond acceptors (Lipinski definition) is 5. The number of esters is 1. The maximum absolute atomic E-state index is 12.3. The number of carbonyl (C=O) groups excluding carboxylic acids is 1. The molecule has 130 valence electrons. The largest absolute Gasteiger partial charge is 0.467 e. The summed E-state index contributed by atoms with van der Waals surface area (Å²) in [7, 11) is 1.38. The minimum atomic E-state index is -0.667. The summed E-state index contributed by atoms with van der Waals surface area (Å²) in [5.41, 5.74) is 3.52. The predicted molar refractivity (Wildman–Crippen MR) is 100 cm³/mol. The Hall–Kier alpha value is -3.34. The summed E-state index contributed by atoms with van der Waals surface area (Å²) in [5, 5.41) is 7.64. The van der Waals surface area contributed by atoms with Gasteiger partial charge in [0.15, 0.2) is 6.04 Å². The Morgan fingerprint density at radius 2 is 1.58 bits per heavy atom. The Kier molecular flexibility index (Phi) is 5.83. The number of ether oxygens (including phenoxy) is 1. The van der Waals surface area contributed by atoms with Gasteiger partial charge in [-0.05, 0) is 11.6 Å². The average Bonchev–Trinajstić information content (AvgIpc) is 2.72. The number of aromatic nitrogens is 2. The quantitative estimate of drug-likeness (QED) is 0.509. The molecule has 5 nitrogen and oxygen atoms in total. The van der Waals surface area contributed by atoms with Crippen molar-refractivity contribution in [2.45, 2.75) is 12.5 Å². The first-order chi connectivity index (χ1) is 12.8. The molecule has 0 aliphatic rings. The molecule has 3 rings (SSSR count). The topological polar surface area (TPSA) is 64.4 Å². The molecule has 0 aliphatic carbocycles. The highest BCUT2D eigenvalue weighted by Crippen LogP contribution is 2.15. The summed E-state index contributed by atoms with van der Waals surface area (Å²) >= 11 is 0. The molecule has 0 amide bonds. The normalized spacial score (nSPS) is 11.4. The molecule has 0 fully saturated rings. The lowest BCUT2D eigenvalue weighted by Crippen LogP contribution is -2.25. The monoisotopic (exact) mass is 345 g/mol. The van der Waals surface area contributed by atoms with Crippen LogP contribution in [0.25, 0.3) is 0 Å². The van der Waals surface area contributed by atoms with Crippen LogP contribution in [0.5, 0.6) is 0 Å². The lowest BCUT2D eigenvalue weighted by Gasteiger charge is -2.14. The molecule has 1 atom stereocenters. The van der Waals surface area contributed by atoms with Crippen molar-refractivity contribution in [2.75, 3.05) is 7.11 Å². The molecule has 0 saturated carbocycles. The molecule has 1 heterocycles. The third-order valence-corrected chi connectivity index (χ3v) is 3.93. The van der Waals surface area contributed by atoms with Gasteiger partial charge in [-0.3, -0.25) is 4.99 Å². The number of nitrogens with zero attached hydrogens (tertiary/aromatic N) is 3. The molecule has 0 N–H and O–H groups in total. The molecule has 3 aromatic rings. The van der Waals surface area contributed by atoms with E-state index in [4.69, 9.17) is 9.73 Å². The van der Waals surface area contributed by atoms with Crippen LogP contribution in [0, 0.1) is 0 Å². The molecule has 5 heteroatoms. The summed E-state index contributed by atoms with van der Waals surface area (Å²) < 4.78 is 4.98. The van der Waals surface area contributed by atoms with Gasteiger partial charge >= 0.3 is 5.97 Å². The Morgan fingerprint density at radius 1 is 0.962 bits per heavy atom. The van der Waals surface area contributed by atoms with Crippen LogP contribution in [0.3, 0.4) is 0 Å². The van der Waals surface area contributed by atoms with Crippen LogP contribution in [0.1, 0.15) is 16.7 Å². The molecule has 26 heavy (non-hydrogen) atoms.